The Morgan fingerprint density at radius 1 is 1.42 bits per heavy atom. The molecule has 0 heterocycles. The van der Waals surface area contributed by atoms with E-state index in [0.717, 1.165) is 0 Å². The van der Waals surface area contributed by atoms with Crippen molar-refractivity contribution in [2.24, 2.45) is 0 Å². The van der Waals surface area contributed by atoms with E-state index in [1.807, 2.05) is 0 Å². The second kappa shape index (κ2) is 6.99. The number of halogens is 1. The summed E-state index contributed by atoms with van der Waals surface area (Å²) in [7, 11) is 1.50. The zero-order valence-corrected chi connectivity index (χ0v) is 11.6. The van der Waals surface area contributed by atoms with Gasteiger partial charge in [0.05, 0.1) is 18.6 Å². The lowest BCUT2D eigenvalue weighted by molar-refractivity contribution is -0.136. The molecule has 1 amide bonds. The minimum atomic E-state index is -0.950. The van der Waals surface area contributed by atoms with E-state index < -0.39 is 5.97 Å². The highest BCUT2D eigenvalue weighted by molar-refractivity contribution is 6.32. The molecule has 0 atom stereocenters. The zero-order chi connectivity index (χ0) is 14.4. The van der Waals surface area contributed by atoms with Crippen molar-refractivity contribution in [3.05, 3.63) is 23.2 Å². The molecule has 1 N–H and O–H groups in total. The van der Waals surface area contributed by atoms with Crippen molar-refractivity contribution in [2.45, 2.75) is 19.8 Å². The first kappa shape index (κ1) is 15.3. The topological polar surface area (TPSA) is 66.8 Å². The van der Waals surface area contributed by atoms with Crippen LogP contribution in [-0.4, -0.2) is 30.6 Å². The Labute approximate surface area is 116 Å². The lowest BCUT2D eigenvalue weighted by Gasteiger charge is -2.22. The molecule has 1 aromatic rings. The van der Waals surface area contributed by atoms with Gasteiger partial charge in [0.15, 0.2) is 0 Å². The summed E-state index contributed by atoms with van der Waals surface area (Å²) in [6, 6.07) is 4.92. The molecule has 0 radical (unpaired) electrons. The van der Waals surface area contributed by atoms with Gasteiger partial charge in [-0.2, -0.15) is 0 Å². The summed E-state index contributed by atoms with van der Waals surface area (Å²) in [6.45, 7) is 1.84. The van der Waals surface area contributed by atoms with Crippen LogP contribution in [0.5, 0.6) is 5.75 Å². The van der Waals surface area contributed by atoms with Crippen molar-refractivity contribution in [1.82, 2.24) is 0 Å². The maximum Gasteiger partial charge on any atom is 0.305 e. The quantitative estimate of drug-likeness (QED) is 0.872. The molecule has 0 fully saturated rings. The Bertz CT molecular complexity index is 476. The van der Waals surface area contributed by atoms with Crippen LogP contribution in [-0.2, 0) is 9.59 Å². The van der Waals surface area contributed by atoms with E-state index >= 15 is 0 Å². The van der Waals surface area contributed by atoms with Crippen LogP contribution in [0.2, 0.25) is 5.02 Å². The summed E-state index contributed by atoms with van der Waals surface area (Å²) in [5.41, 5.74) is 0.568. The van der Waals surface area contributed by atoms with E-state index in [4.69, 9.17) is 21.4 Å². The minimum absolute atomic E-state index is 0.116. The molecular weight excluding hydrogens is 270 g/mol. The number of nitrogens with zero attached hydrogens (tertiary/aromatic N) is 1. The largest absolute Gasteiger partial charge is 0.495 e. The van der Waals surface area contributed by atoms with Crippen LogP contribution >= 0.6 is 11.6 Å². The number of rotatable bonds is 6. The van der Waals surface area contributed by atoms with Gasteiger partial charge in [-0.15, -0.1) is 0 Å². The third kappa shape index (κ3) is 4.13. The van der Waals surface area contributed by atoms with Crippen LogP contribution in [0.4, 0.5) is 5.69 Å². The van der Waals surface area contributed by atoms with E-state index in [1.54, 1.807) is 25.1 Å². The second-order valence-corrected chi connectivity index (χ2v) is 4.27. The molecule has 0 aromatic heterocycles. The van der Waals surface area contributed by atoms with Crippen molar-refractivity contribution in [3.63, 3.8) is 0 Å². The highest BCUT2D eigenvalue weighted by Crippen LogP contribution is 2.29. The number of carbonyl (C=O) groups excluding carboxylic acids is 1. The summed E-state index contributed by atoms with van der Waals surface area (Å²) in [6.07, 6.45) is 0.179. The Morgan fingerprint density at radius 2 is 2.11 bits per heavy atom. The van der Waals surface area contributed by atoms with Crippen LogP contribution in [0.1, 0.15) is 19.8 Å². The van der Waals surface area contributed by atoms with Crippen LogP contribution in [0, 0.1) is 0 Å². The monoisotopic (exact) mass is 285 g/mol. The second-order valence-electron chi connectivity index (χ2n) is 3.86. The molecule has 0 saturated heterocycles. The van der Waals surface area contributed by atoms with E-state index in [1.165, 1.54) is 12.0 Å². The average molecular weight is 286 g/mol. The molecule has 1 rings (SSSR count). The summed E-state index contributed by atoms with van der Waals surface area (Å²) in [4.78, 5) is 23.9. The number of carbonyl (C=O) groups is 2. The Kier molecular flexibility index (Phi) is 5.63. The molecule has 5 nitrogen and oxygen atoms in total. The van der Waals surface area contributed by atoms with Crippen molar-refractivity contribution in [1.29, 1.82) is 0 Å². The average Bonchev–Trinajstić information content (AvgIpc) is 2.38. The highest BCUT2D eigenvalue weighted by Gasteiger charge is 2.16. The fraction of sp³-hybridized carbons (Fsp3) is 0.385. The lowest BCUT2D eigenvalue weighted by atomic mass is 10.2. The van der Waals surface area contributed by atoms with E-state index in [9.17, 15) is 9.59 Å². The predicted molar refractivity (Wildman–Crippen MR) is 72.9 cm³/mol. The Morgan fingerprint density at radius 3 is 2.58 bits per heavy atom. The van der Waals surface area contributed by atoms with Gasteiger partial charge in [-0.05, 0) is 18.2 Å². The lowest BCUT2D eigenvalue weighted by Crippen LogP contribution is -2.32. The van der Waals surface area contributed by atoms with Gasteiger partial charge < -0.3 is 14.7 Å². The molecule has 104 valence electrons. The molecule has 0 spiro atoms. The molecule has 0 bridgehead atoms. The summed E-state index contributed by atoms with van der Waals surface area (Å²) < 4.78 is 5.04. The van der Waals surface area contributed by atoms with E-state index in [-0.39, 0.29) is 18.9 Å². The first-order valence-electron chi connectivity index (χ1n) is 5.85. The molecule has 0 saturated carbocycles. The SMILES string of the molecule is CCC(=O)N(CCC(=O)O)c1ccc(OC)c(Cl)c1. The summed E-state index contributed by atoms with van der Waals surface area (Å²) in [5.74, 6) is -0.594. The number of hydrogen-bond donors (Lipinski definition) is 1. The Balaban J connectivity index is 2.99. The van der Waals surface area contributed by atoms with Gasteiger partial charge >= 0.3 is 5.97 Å². The van der Waals surface area contributed by atoms with Gasteiger partial charge in [-0.1, -0.05) is 18.5 Å². The van der Waals surface area contributed by atoms with Gasteiger partial charge in [0.2, 0.25) is 5.91 Å². The summed E-state index contributed by atoms with van der Waals surface area (Å²) in [5, 5.41) is 9.10. The van der Waals surface area contributed by atoms with Crippen LogP contribution < -0.4 is 9.64 Å². The molecule has 0 unspecified atom stereocenters. The smallest absolute Gasteiger partial charge is 0.305 e. The number of hydrogen-bond acceptors (Lipinski definition) is 3. The van der Waals surface area contributed by atoms with Crippen molar-refractivity contribution >= 4 is 29.2 Å². The molecule has 6 heteroatoms. The third-order valence-electron chi connectivity index (χ3n) is 2.60. The van der Waals surface area contributed by atoms with Crippen LogP contribution in [0.3, 0.4) is 0 Å². The fourth-order valence-corrected chi connectivity index (χ4v) is 1.87. The van der Waals surface area contributed by atoms with Crippen LogP contribution in [0.25, 0.3) is 0 Å². The number of carboxylic acids is 1. The number of carboxylic acid groups (broad SMARTS) is 1. The third-order valence-corrected chi connectivity index (χ3v) is 2.90. The van der Waals surface area contributed by atoms with Gasteiger partial charge in [0.1, 0.15) is 5.75 Å². The predicted octanol–water partition coefficient (Wildman–Crippen LogP) is 2.57. The van der Waals surface area contributed by atoms with Crippen molar-refractivity contribution in [3.8, 4) is 5.75 Å². The number of ether oxygens (including phenoxy) is 1. The van der Waals surface area contributed by atoms with Crippen molar-refractivity contribution in [2.75, 3.05) is 18.6 Å². The van der Waals surface area contributed by atoms with Gasteiger partial charge in [-0.25, -0.2) is 0 Å². The van der Waals surface area contributed by atoms with Gasteiger partial charge in [0, 0.05) is 18.7 Å². The molecule has 19 heavy (non-hydrogen) atoms. The molecule has 0 aliphatic heterocycles. The fourth-order valence-electron chi connectivity index (χ4n) is 1.62. The summed E-state index contributed by atoms with van der Waals surface area (Å²) >= 11 is 6.00. The number of anilines is 1. The van der Waals surface area contributed by atoms with Gasteiger partial charge in [-0.3, -0.25) is 9.59 Å². The number of benzene rings is 1. The van der Waals surface area contributed by atoms with Crippen molar-refractivity contribution < 1.29 is 19.4 Å². The number of amides is 1. The standard InChI is InChI=1S/C13H16ClNO4/c1-3-12(16)15(7-6-13(17)18)9-4-5-11(19-2)10(14)8-9/h4-5,8H,3,6-7H2,1-2H3,(H,17,18). The molecule has 1 aromatic carbocycles. The highest BCUT2D eigenvalue weighted by atomic mass is 35.5. The maximum absolute atomic E-state index is 11.8. The van der Waals surface area contributed by atoms with E-state index in [0.29, 0.717) is 22.9 Å². The maximum atomic E-state index is 11.8. The first-order chi connectivity index (χ1) is 8.99. The number of aliphatic carboxylic acids is 1. The Hall–Kier alpha value is -1.75. The van der Waals surface area contributed by atoms with E-state index in [2.05, 4.69) is 0 Å². The zero-order valence-electron chi connectivity index (χ0n) is 10.9. The van der Waals surface area contributed by atoms with Gasteiger partial charge in [0.25, 0.3) is 0 Å². The first-order valence-corrected chi connectivity index (χ1v) is 6.23. The number of methoxy groups -OCH3 is 1. The molecule has 0 aliphatic carbocycles. The molecular formula is C13H16ClNO4. The van der Waals surface area contributed by atoms with Crippen LogP contribution in [0.15, 0.2) is 18.2 Å². The minimum Gasteiger partial charge on any atom is -0.495 e. The molecule has 0 aliphatic rings. The normalized spacial score (nSPS) is 10.1.